The van der Waals surface area contributed by atoms with Gasteiger partial charge in [-0.1, -0.05) is 61.5 Å². The van der Waals surface area contributed by atoms with Crippen LogP contribution in [0, 0.1) is 5.92 Å². The molecule has 0 aliphatic carbocycles. The molecule has 2 aromatic carbocycles. The second kappa shape index (κ2) is 6.15. The van der Waals surface area contributed by atoms with Gasteiger partial charge in [0.05, 0.1) is 5.92 Å². The van der Waals surface area contributed by atoms with E-state index in [0.717, 1.165) is 11.1 Å². The van der Waals surface area contributed by atoms with E-state index >= 15 is 0 Å². The Balaban J connectivity index is 2.12. The van der Waals surface area contributed by atoms with Crippen LogP contribution in [0.4, 0.5) is 0 Å². The van der Waals surface area contributed by atoms with Gasteiger partial charge in [-0.15, -0.1) is 0 Å². The highest BCUT2D eigenvalue weighted by Crippen LogP contribution is 2.20. The van der Waals surface area contributed by atoms with Gasteiger partial charge in [0.25, 0.3) is 0 Å². The van der Waals surface area contributed by atoms with Gasteiger partial charge in [-0.25, -0.2) is 0 Å². The lowest BCUT2D eigenvalue weighted by atomic mass is 9.97. The van der Waals surface area contributed by atoms with Crippen LogP contribution in [-0.2, 0) is 4.79 Å². The molecule has 2 aromatic rings. The lowest BCUT2D eigenvalue weighted by Gasteiger charge is -2.06. The molecule has 0 saturated carbocycles. The highest BCUT2D eigenvalue weighted by molar-refractivity contribution is 5.98. The zero-order valence-electron chi connectivity index (χ0n) is 11.2. The van der Waals surface area contributed by atoms with E-state index in [1.54, 1.807) is 19.1 Å². The van der Waals surface area contributed by atoms with Crippen LogP contribution >= 0.6 is 0 Å². The minimum Gasteiger partial charge on any atom is -0.481 e. The van der Waals surface area contributed by atoms with Crippen molar-refractivity contribution in [1.82, 2.24) is 0 Å². The Bertz CT molecular complexity index is 600. The van der Waals surface area contributed by atoms with Gasteiger partial charge in [-0.3, -0.25) is 9.59 Å². The molecule has 0 radical (unpaired) electrons. The first-order valence-corrected chi connectivity index (χ1v) is 6.49. The monoisotopic (exact) mass is 268 g/mol. The van der Waals surface area contributed by atoms with Gasteiger partial charge in [-0.05, 0) is 11.1 Å². The van der Waals surface area contributed by atoms with E-state index in [2.05, 4.69) is 0 Å². The van der Waals surface area contributed by atoms with E-state index in [9.17, 15) is 9.59 Å². The van der Waals surface area contributed by atoms with Crippen LogP contribution in [0.1, 0.15) is 23.7 Å². The van der Waals surface area contributed by atoms with E-state index in [1.165, 1.54) is 0 Å². The van der Waals surface area contributed by atoms with Gasteiger partial charge in [0, 0.05) is 12.0 Å². The molecule has 0 saturated heterocycles. The second-order valence-electron chi connectivity index (χ2n) is 4.81. The van der Waals surface area contributed by atoms with Crippen LogP contribution < -0.4 is 0 Å². The van der Waals surface area contributed by atoms with Crippen LogP contribution in [0.2, 0.25) is 0 Å². The molecule has 102 valence electrons. The van der Waals surface area contributed by atoms with Gasteiger partial charge in [0.15, 0.2) is 5.78 Å². The van der Waals surface area contributed by atoms with Crippen molar-refractivity contribution in [1.29, 1.82) is 0 Å². The van der Waals surface area contributed by atoms with Crippen molar-refractivity contribution in [3.05, 3.63) is 60.2 Å². The molecule has 1 atom stereocenters. The number of carboxylic acids is 1. The van der Waals surface area contributed by atoms with Crippen molar-refractivity contribution < 1.29 is 14.7 Å². The van der Waals surface area contributed by atoms with E-state index in [1.807, 2.05) is 42.5 Å². The summed E-state index contributed by atoms with van der Waals surface area (Å²) in [7, 11) is 0. The summed E-state index contributed by atoms with van der Waals surface area (Å²) in [6.07, 6.45) is 0.0278. The van der Waals surface area contributed by atoms with Crippen molar-refractivity contribution in [3.8, 4) is 11.1 Å². The van der Waals surface area contributed by atoms with Crippen LogP contribution in [-0.4, -0.2) is 16.9 Å². The molecule has 0 aliphatic heterocycles. The second-order valence-corrected chi connectivity index (χ2v) is 4.81. The maximum Gasteiger partial charge on any atom is 0.306 e. The number of carbonyl (C=O) groups is 2. The Hall–Kier alpha value is -2.42. The van der Waals surface area contributed by atoms with Gasteiger partial charge < -0.3 is 5.11 Å². The fourth-order valence-corrected chi connectivity index (χ4v) is 1.96. The molecule has 20 heavy (non-hydrogen) atoms. The molecule has 0 unspecified atom stereocenters. The standard InChI is InChI=1S/C17H16O3/c1-12(17(19)20)11-16(18)15-9-7-14(8-10-15)13-5-3-2-4-6-13/h2-10,12H,11H2,1H3,(H,19,20)/t12-/m0/s1. The normalized spacial score (nSPS) is 11.8. The van der Waals surface area contributed by atoms with Crippen molar-refractivity contribution in [2.24, 2.45) is 5.92 Å². The number of benzene rings is 2. The predicted octanol–water partition coefficient (Wildman–Crippen LogP) is 3.65. The molecule has 0 aromatic heterocycles. The van der Waals surface area contributed by atoms with E-state index in [-0.39, 0.29) is 12.2 Å². The molecule has 0 amide bonds. The van der Waals surface area contributed by atoms with Crippen LogP contribution in [0.5, 0.6) is 0 Å². The third-order valence-corrected chi connectivity index (χ3v) is 3.23. The van der Waals surface area contributed by atoms with Crippen molar-refractivity contribution >= 4 is 11.8 Å². The summed E-state index contributed by atoms with van der Waals surface area (Å²) in [5, 5.41) is 8.82. The number of Topliss-reactive ketones (excluding diaryl/α,β-unsaturated/α-hetero) is 1. The molecular formula is C17H16O3. The minimum absolute atomic E-state index is 0.0278. The number of carbonyl (C=O) groups excluding carboxylic acids is 1. The SMILES string of the molecule is C[C@@H](CC(=O)c1ccc(-c2ccccc2)cc1)C(=O)O. The quantitative estimate of drug-likeness (QED) is 0.842. The topological polar surface area (TPSA) is 54.4 Å². The van der Waals surface area contributed by atoms with Gasteiger partial charge >= 0.3 is 5.97 Å². The summed E-state index contributed by atoms with van der Waals surface area (Å²) in [6, 6.07) is 17.1. The fourth-order valence-electron chi connectivity index (χ4n) is 1.96. The Labute approximate surface area is 117 Å². The zero-order valence-corrected chi connectivity index (χ0v) is 11.2. The number of hydrogen-bond donors (Lipinski definition) is 1. The van der Waals surface area contributed by atoms with Crippen LogP contribution in [0.3, 0.4) is 0 Å². The summed E-state index contributed by atoms with van der Waals surface area (Å²) in [6.45, 7) is 1.54. The van der Waals surface area contributed by atoms with E-state index < -0.39 is 11.9 Å². The first-order valence-electron chi connectivity index (χ1n) is 6.49. The predicted molar refractivity (Wildman–Crippen MR) is 77.6 cm³/mol. The lowest BCUT2D eigenvalue weighted by molar-refractivity contribution is -0.141. The third kappa shape index (κ3) is 3.32. The van der Waals surface area contributed by atoms with E-state index in [4.69, 9.17) is 5.11 Å². The average Bonchev–Trinajstić information content (AvgIpc) is 2.48. The Morgan fingerprint density at radius 1 is 0.950 bits per heavy atom. The molecule has 0 bridgehead atoms. The highest BCUT2D eigenvalue weighted by atomic mass is 16.4. The third-order valence-electron chi connectivity index (χ3n) is 3.23. The Kier molecular flexibility index (Phi) is 4.31. The van der Waals surface area contributed by atoms with Crippen LogP contribution in [0.15, 0.2) is 54.6 Å². The summed E-state index contributed by atoms with van der Waals surface area (Å²) in [5.41, 5.74) is 2.68. The molecule has 2 rings (SSSR count). The van der Waals surface area contributed by atoms with Crippen LogP contribution in [0.25, 0.3) is 11.1 Å². The molecule has 3 nitrogen and oxygen atoms in total. The number of rotatable bonds is 5. The molecule has 0 spiro atoms. The van der Waals surface area contributed by atoms with Crippen molar-refractivity contribution in [3.63, 3.8) is 0 Å². The summed E-state index contributed by atoms with van der Waals surface area (Å²) in [4.78, 5) is 22.7. The Morgan fingerprint density at radius 2 is 1.50 bits per heavy atom. The largest absolute Gasteiger partial charge is 0.481 e. The Morgan fingerprint density at radius 3 is 2.05 bits per heavy atom. The molecular weight excluding hydrogens is 252 g/mol. The van der Waals surface area contributed by atoms with Crippen molar-refractivity contribution in [2.45, 2.75) is 13.3 Å². The molecule has 0 fully saturated rings. The maximum absolute atomic E-state index is 11.9. The molecule has 0 aliphatic rings. The van der Waals surface area contributed by atoms with Gasteiger partial charge in [0.2, 0.25) is 0 Å². The first kappa shape index (κ1) is 14.0. The summed E-state index contributed by atoms with van der Waals surface area (Å²) in [5.74, 6) is -1.74. The smallest absolute Gasteiger partial charge is 0.306 e. The number of ketones is 1. The van der Waals surface area contributed by atoms with Crippen molar-refractivity contribution in [2.75, 3.05) is 0 Å². The zero-order chi connectivity index (χ0) is 14.5. The lowest BCUT2D eigenvalue weighted by Crippen LogP contribution is -2.14. The number of carboxylic acid groups (broad SMARTS) is 1. The minimum atomic E-state index is -0.945. The number of hydrogen-bond acceptors (Lipinski definition) is 2. The fraction of sp³-hybridized carbons (Fsp3) is 0.176. The maximum atomic E-state index is 11.9. The molecule has 3 heteroatoms. The van der Waals surface area contributed by atoms with Gasteiger partial charge in [-0.2, -0.15) is 0 Å². The van der Waals surface area contributed by atoms with E-state index in [0.29, 0.717) is 5.56 Å². The van der Waals surface area contributed by atoms with Gasteiger partial charge in [0.1, 0.15) is 0 Å². The molecule has 1 N–H and O–H groups in total. The highest BCUT2D eigenvalue weighted by Gasteiger charge is 2.16. The summed E-state index contributed by atoms with van der Waals surface area (Å²) < 4.78 is 0. The molecule has 0 heterocycles. The number of aliphatic carboxylic acids is 1. The average molecular weight is 268 g/mol. The summed E-state index contributed by atoms with van der Waals surface area (Å²) >= 11 is 0. The first-order chi connectivity index (χ1) is 9.58.